The first kappa shape index (κ1) is 20.7. The fraction of sp³-hybridized carbons (Fsp3) is 0.474. The van der Waals surface area contributed by atoms with Crippen LogP contribution in [0.4, 0.5) is 0 Å². The largest absolute Gasteiger partial charge is 0.550 e. The molecule has 2 aromatic rings. The third-order valence-corrected chi connectivity index (χ3v) is 3.65. The Balaban J connectivity index is 0.000000705. The van der Waals surface area contributed by atoms with Crippen LogP contribution in [0.15, 0.2) is 24.4 Å². The number of carboxylic acids is 1. The molecule has 1 aromatic heterocycles. The van der Waals surface area contributed by atoms with Crippen LogP contribution in [0.25, 0.3) is 10.9 Å². The van der Waals surface area contributed by atoms with Crippen LogP contribution in [-0.2, 0) is 16.0 Å². The number of fused-ring (bicyclic) bond motifs is 1. The molecule has 138 valence electrons. The number of aromatic nitrogens is 1. The summed E-state index contributed by atoms with van der Waals surface area (Å²) in [7, 11) is 0. The van der Waals surface area contributed by atoms with E-state index in [9.17, 15) is 4.79 Å². The zero-order valence-electron chi connectivity index (χ0n) is 15.1. The number of rotatable bonds is 8. The summed E-state index contributed by atoms with van der Waals surface area (Å²) in [5.74, 6) is -0.590. The predicted molar refractivity (Wildman–Crippen MR) is 94.8 cm³/mol. The molecule has 0 aliphatic rings. The molecule has 1 heterocycles. The molecule has 6 nitrogen and oxygen atoms in total. The Morgan fingerprint density at radius 1 is 1.24 bits per heavy atom. The summed E-state index contributed by atoms with van der Waals surface area (Å²) >= 11 is 0. The quantitative estimate of drug-likeness (QED) is 0.429. The van der Waals surface area contributed by atoms with Gasteiger partial charge in [0.25, 0.3) is 0 Å². The minimum Gasteiger partial charge on any atom is -0.550 e. The average Bonchev–Trinajstić information content (AvgIpc) is 2.94. The maximum absolute atomic E-state index is 11.8. The van der Waals surface area contributed by atoms with E-state index in [1.807, 2.05) is 24.4 Å². The van der Waals surface area contributed by atoms with Crippen molar-refractivity contribution >= 4 is 22.8 Å². The summed E-state index contributed by atoms with van der Waals surface area (Å²) in [6.45, 7) is 3.99. The number of aliphatic carboxylic acids is 1. The number of carboxylic acid groups (broad SMARTS) is 1. The van der Waals surface area contributed by atoms with Crippen molar-refractivity contribution in [2.24, 2.45) is 0 Å². The smallest absolute Gasteiger partial charge is 0.311 e. The Hall–Kier alpha value is -2.34. The highest BCUT2D eigenvalue weighted by Gasteiger charge is 2.08. The van der Waals surface area contributed by atoms with E-state index in [2.05, 4.69) is 17.6 Å². The predicted octanol–water partition coefficient (Wildman–Crippen LogP) is 1.58. The molecule has 0 radical (unpaired) electrons. The third kappa shape index (κ3) is 7.85. The number of ether oxygens (including phenoxy) is 1. The van der Waals surface area contributed by atoms with Crippen molar-refractivity contribution in [3.05, 3.63) is 30.0 Å². The van der Waals surface area contributed by atoms with Gasteiger partial charge in [0.2, 0.25) is 0 Å². The molecule has 0 bridgehead atoms. The van der Waals surface area contributed by atoms with Crippen LogP contribution >= 0.6 is 0 Å². The lowest BCUT2D eigenvalue weighted by molar-refractivity contribution is -0.366. The molecule has 0 amide bonds. The van der Waals surface area contributed by atoms with Crippen molar-refractivity contribution in [2.75, 3.05) is 6.54 Å². The summed E-state index contributed by atoms with van der Waals surface area (Å²) < 4.78 is 5.44. The van der Waals surface area contributed by atoms with Gasteiger partial charge in [-0.2, -0.15) is 0 Å². The fourth-order valence-electron chi connectivity index (χ4n) is 2.50. The first-order valence-electron chi connectivity index (χ1n) is 8.75. The minimum atomic E-state index is -1.08. The Labute approximate surface area is 148 Å². The molecule has 0 unspecified atom stereocenters. The maximum atomic E-state index is 11.8. The van der Waals surface area contributed by atoms with E-state index in [4.69, 9.17) is 14.6 Å². The number of nitrogens with one attached hydrogen (secondary N) is 1. The number of H-pyrrole nitrogens is 1. The van der Waals surface area contributed by atoms with E-state index in [0.717, 1.165) is 43.6 Å². The Morgan fingerprint density at radius 3 is 2.60 bits per heavy atom. The van der Waals surface area contributed by atoms with Gasteiger partial charge in [-0.15, -0.1) is 0 Å². The van der Waals surface area contributed by atoms with Crippen LogP contribution in [-0.4, -0.2) is 23.5 Å². The number of hydrogen-bond acceptors (Lipinski definition) is 4. The fourth-order valence-corrected chi connectivity index (χ4v) is 2.50. The number of benzene rings is 1. The molecule has 0 aliphatic carbocycles. The molecule has 4 N–H and O–H groups in total. The highest BCUT2D eigenvalue weighted by Crippen LogP contribution is 2.24. The number of aromatic amines is 1. The summed E-state index contributed by atoms with van der Waals surface area (Å²) in [4.78, 5) is 23.9. The number of hydrogen-bond donors (Lipinski definition) is 2. The maximum Gasteiger partial charge on any atom is 0.311 e. The summed E-state index contributed by atoms with van der Waals surface area (Å²) in [6.07, 6.45) is 7.78. The second kappa shape index (κ2) is 11.3. The van der Waals surface area contributed by atoms with Gasteiger partial charge >= 0.3 is 5.97 Å². The second-order valence-corrected chi connectivity index (χ2v) is 5.90. The van der Waals surface area contributed by atoms with Crippen LogP contribution in [0.5, 0.6) is 5.75 Å². The molecule has 2 rings (SSSR count). The second-order valence-electron chi connectivity index (χ2n) is 5.90. The van der Waals surface area contributed by atoms with Crippen LogP contribution in [0.1, 0.15) is 51.5 Å². The van der Waals surface area contributed by atoms with Crippen molar-refractivity contribution < 1.29 is 25.2 Å². The van der Waals surface area contributed by atoms with Gasteiger partial charge in [-0.3, -0.25) is 4.79 Å². The molecule has 6 heteroatoms. The lowest BCUT2D eigenvalue weighted by atomic mass is 10.1. The van der Waals surface area contributed by atoms with Crippen molar-refractivity contribution in [1.29, 1.82) is 0 Å². The van der Waals surface area contributed by atoms with Crippen molar-refractivity contribution in [3.8, 4) is 5.75 Å². The standard InChI is InChI=1S/C17H24N2O2.C2H4O2/c1-2-3-4-5-6-17(20)21-14-7-8-16-15(11-14)13(9-10-18)12-19-16;1-2(3)4/h7-8,11-12,19H,2-6,9-10,18H2,1H3;1H3,(H,3,4). The number of carbonyl (C=O) groups is 2. The first-order valence-corrected chi connectivity index (χ1v) is 8.75. The number of quaternary nitrogens is 1. The van der Waals surface area contributed by atoms with Gasteiger partial charge in [0.05, 0.1) is 6.54 Å². The van der Waals surface area contributed by atoms with Gasteiger partial charge in [-0.1, -0.05) is 26.2 Å². The van der Waals surface area contributed by atoms with E-state index in [0.29, 0.717) is 12.2 Å². The lowest BCUT2D eigenvalue weighted by Crippen LogP contribution is -2.51. The minimum absolute atomic E-state index is 0.139. The molecule has 0 saturated carbocycles. The molecule has 25 heavy (non-hydrogen) atoms. The van der Waals surface area contributed by atoms with E-state index in [1.165, 1.54) is 18.4 Å². The van der Waals surface area contributed by atoms with Gasteiger partial charge in [0.1, 0.15) is 5.75 Å². The Morgan fingerprint density at radius 2 is 1.96 bits per heavy atom. The van der Waals surface area contributed by atoms with Gasteiger partial charge in [0, 0.05) is 35.9 Å². The van der Waals surface area contributed by atoms with Crippen LogP contribution in [0, 0.1) is 0 Å². The van der Waals surface area contributed by atoms with Crippen molar-refractivity contribution in [1.82, 2.24) is 4.98 Å². The van der Waals surface area contributed by atoms with Gasteiger partial charge in [-0.25, -0.2) is 0 Å². The lowest BCUT2D eigenvalue weighted by Gasteiger charge is -2.05. The van der Waals surface area contributed by atoms with Crippen LogP contribution in [0.2, 0.25) is 0 Å². The zero-order valence-corrected chi connectivity index (χ0v) is 15.1. The monoisotopic (exact) mass is 348 g/mol. The zero-order chi connectivity index (χ0) is 18.7. The molecule has 0 saturated heterocycles. The number of unbranched alkanes of at least 4 members (excludes halogenated alkanes) is 3. The molecular weight excluding hydrogens is 320 g/mol. The van der Waals surface area contributed by atoms with Crippen molar-refractivity contribution in [3.63, 3.8) is 0 Å². The number of carbonyl (C=O) groups excluding carboxylic acids is 2. The Bertz CT molecular complexity index is 675. The molecule has 0 fully saturated rings. The molecule has 0 atom stereocenters. The van der Waals surface area contributed by atoms with E-state index >= 15 is 0 Å². The third-order valence-electron chi connectivity index (χ3n) is 3.65. The van der Waals surface area contributed by atoms with Crippen LogP contribution < -0.4 is 15.6 Å². The van der Waals surface area contributed by atoms with Gasteiger partial charge in [0.15, 0.2) is 0 Å². The highest BCUT2D eigenvalue weighted by molar-refractivity contribution is 5.85. The van der Waals surface area contributed by atoms with Gasteiger partial charge in [-0.05, 0) is 37.1 Å². The SMILES string of the molecule is CC(=O)[O-].CCCCCCC(=O)Oc1ccc2[nH]cc(CC[NH3+])c2c1. The van der Waals surface area contributed by atoms with E-state index < -0.39 is 5.97 Å². The average molecular weight is 348 g/mol. The molecule has 1 aromatic carbocycles. The Kier molecular flexibility index (Phi) is 9.32. The normalized spacial score (nSPS) is 10.2. The summed E-state index contributed by atoms with van der Waals surface area (Å²) in [6, 6.07) is 5.75. The van der Waals surface area contributed by atoms with Crippen LogP contribution in [0.3, 0.4) is 0 Å². The topological polar surface area (TPSA) is 110 Å². The summed E-state index contributed by atoms with van der Waals surface area (Å²) in [5.41, 5.74) is 6.18. The van der Waals surface area contributed by atoms with E-state index in [1.54, 1.807) is 0 Å². The molecule has 0 spiro atoms. The van der Waals surface area contributed by atoms with E-state index in [-0.39, 0.29) is 5.97 Å². The molecule has 0 aliphatic heterocycles. The summed E-state index contributed by atoms with van der Waals surface area (Å²) in [5, 5.41) is 10.0. The van der Waals surface area contributed by atoms with Gasteiger partial charge < -0.3 is 25.4 Å². The highest BCUT2D eigenvalue weighted by atomic mass is 16.5. The van der Waals surface area contributed by atoms with Crippen molar-refractivity contribution in [2.45, 2.75) is 52.4 Å². The first-order chi connectivity index (χ1) is 12.0. The number of esters is 1. The molecular formula is C19H28N2O4.